The van der Waals surface area contributed by atoms with Gasteiger partial charge in [0.25, 0.3) is 0 Å². The van der Waals surface area contributed by atoms with Gasteiger partial charge in [-0.3, -0.25) is 19.2 Å². The molecule has 0 bridgehead atoms. The molecule has 0 saturated heterocycles. The van der Waals surface area contributed by atoms with Gasteiger partial charge >= 0.3 is 0 Å². The molecule has 1 aliphatic rings. The van der Waals surface area contributed by atoms with Crippen LogP contribution in [0.1, 0.15) is 131 Å². The minimum absolute atomic E-state index is 0.00436. The monoisotopic (exact) mass is 662 g/mol. The number of fused-ring (bicyclic) bond motifs is 1. The van der Waals surface area contributed by atoms with Gasteiger partial charge in [-0.2, -0.15) is 0 Å². The Balaban J connectivity index is 1.64. The van der Waals surface area contributed by atoms with Crippen LogP contribution in [0.4, 0.5) is 0 Å². The van der Waals surface area contributed by atoms with Crippen molar-refractivity contribution in [2.24, 2.45) is 23.7 Å². The first kappa shape index (κ1) is 38.1. The molecule has 4 atom stereocenters. The maximum absolute atomic E-state index is 13.9. The van der Waals surface area contributed by atoms with E-state index in [2.05, 4.69) is 70.2 Å². The Labute approximate surface area is 295 Å². The van der Waals surface area contributed by atoms with Gasteiger partial charge in [0.2, 0.25) is 0 Å². The molecule has 4 heteroatoms. The van der Waals surface area contributed by atoms with Crippen LogP contribution in [0, 0.1) is 30.6 Å². The fourth-order valence-corrected chi connectivity index (χ4v) is 8.40. The van der Waals surface area contributed by atoms with Crippen LogP contribution in [0.5, 0.6) is 0 Å². The molecule has 0 saturated carbocycles. The molecule has 49 heavy (non-hydrogen) atoms. The molecule has 3 aromatic carbocycles. The minimum Gasteiger partial charge on any atom is -0.300 e. The molecule has 0 radical (unpaired) electrons. The third kappa shape index (κ3) is 9.96. The Hall–Kier alpha value is -3.66. The molecule has 0 spiro atoms. The van der Waals surface area contributed by atoms with E-state index in [1.807, 2.05) is 25.1 Å². The summed E-state index contributed by atoms with van der Waals surface area (Å²) in [4.78, 5) is 52.1. The number of hydrogen-bond donors (Lipinski definition) is 0. The Morgan fingerprint density at radius 2 is 1.57 bits per heavy atom. The van der Waals surface area contributed by atoms with Crippen molar-refractivity contribution in [3.63, 3.8) is 0 Å². The molecule has 4 rings (SSSR count). The molecule has 0 aliphatic heterocycles. The van der Waals surface area contributed by atoms with Crippen molar-refractivity contribution in [1.82, 2.24) is 0 Å². The van der Waals surface area contributed by atoms with Crippen LogP contribution < -0.4 is 0 Å². The number of benzene rings is 3. The van der Waals surface area contributed by atoms with Crippen LogP contribution in [0.2, 0.25) is 0 Å². The number of aryl methyl sites for hydroxylation is 3. The predicted molar refractivity (Wildman–Crippen MR) is 201 cm³/mol. The topological polar surface area (TPSA) is 68.3 Å². The number of rotatable bonds is 19. The van der Waals surface area contributed by atoms with E-state index >= 15 is 0 Å². The van der Waals surface area contributed by atoms with Crippen LogP contribution in [0.3, 0.4) is 0 Å². The van der Waals surface area contributed by atoms with E-state index in [4.69, 9.17) is 0 Å². The van der Waals surface area contributed by atoms with Gasteiger partial charge in [0.15, 0.2) is 5.78 Å². The van der Waals surface area contributed by atoms with Crippen LogP contribution in [-0.4, -0.2) is 23.1 Å². The summed E-state index contributed by atoms with van der Waals surface area (Å²) in [6.45, 7) is 12.0. The highest BCUT2D eigenvalue weighted by molar-refractivity contribution is 6.02. The molecule has 0 aromatic heterocycles. The van der Waals surface area contributed by atoms with Gasteiger partial charge in [-0.25, -0.2) is 0 Å². The molecular weight excluding hydrogens is 604 g/mol. The zero-order valence-electron chi connectivity index (χ0n) is 30.9. The predicted octanol–water partition coefficient (Wildman–Crippen LogP) is 10.5. The zero-order chi connectivity index (χ0) is 35.5. The lowest BCUT2D eigenvalue weighted by molar-refractivity contribution is -0.130. The summed E-state index contributed by atoms with van der Waals surface area (Å²) in [7, 11) is 0. The van der Waals surface area contributed by atoms with Gasteiger partial charge < -0.3 is 0 Å². The average Bonchev–Trinajstić information content (AvgIpc) is 3.07. The van der Waals surface area contributed by atoms with Crippen molar-refractivity contribution in [2.45, 2.75) is 125 Å². The maximum atomic E-state index is 13.9. The smallest absolute Gasteiger partial charge is 0.163 e. The molecule has 262 valence electrons. The largest absolute Gasteiger partial charge is 0.300 e. The summed E-state index contributed by atoms with van der Waals surface area (Å²) in [5.74, 6) is 0.715. The highest BCUT2D eigenvalue weighted by Gasteiger charge is 2.34. The van der Waals surface area contributed by atoms with Crippen LogP contribution in [0.25, 0.3) is 11.1 Å². The van der Waals surface area contributed by atoms with Gasteiger partial charge in [-0.05, 0) is 116 Å². The summed E-state index contributed by atoms with van der Waals surface area (Å²) in [5.41, 5.74) is 9.08. The summed E-state index contributed by atoms with van der Waals surface area (Å²) in [6, 6.07) is 21.4. The lowest BCUT2D eigenvalue weighted by atomic mass is 9.71. The van der Waals surface area contributed by atoms with Crippen LogP contribution >= 0.6 is 0 Å². The Morgan fingerprint density at radius 3 is 2.22 bits per heavy atom. The Bertz CT molecular complexity index is 1600. The molecule has 4 unspecified atom stereocenters. The van der Waals surface area contributed by atoms with Gasteiger partial charge in [-0.15, -0.1) is 0 Å². The molecule has 4 nitrogen and oxygen atoms in total. The van der Waals surface area contributed by atoms with Gasteiger partial charge in [-0.1, -0.05) is 101 Å². The van der Waals surface area contributed by atoms with Gasteiger partial charge in [0.05, 0.1) is 6.42 Å². The maximum Gasteiger partial charge on any atom is 0.163 e. The van der Waals surface area contributed by atoms with Crippen molar-refractivity contribution < 1.29 is 19.2 Å². The quantitative estimate of drug-likeness (QED) is 0.120. The van der Waals surface area contributed by atoms with Crippen LogP contribution in [-0.2, 0) is 40.1 Å². The van der Waals surface area contributed by atoms with E-state index in [1.165, 1.54) is 29.2 Å². The van der Waals surface area contributed by atoms with Crippen molar-refractivity contribution in [3.05, 3.63) is 94.0 Å². The highest BCUT2D eigenvalue weighted by atomic mass is 16.1. The molecule has 1 aliphatic carbocycles. The van der Waals surface area contributed by atoms with E-state index in [9.17, 15) is 19.2 Å². The summed E-state index contributed by atoms with van der Waals surface area (Å²) >= 11 is 0. The summed E-state index contributed by atoms with van der Waals surface area (Å²) in [5, 5.41) is 0. The number of carbonyl (C=O) groups excluding carboxylic acids is 4. The van der Waals surface area contributed by atoms with E-state index in [0.29, 0.717) is 18.6 Å². The van der Waals surface area contributed by atoms with E-state index in [0.717, 1.165) is 86.5 Å². The van der Waals surface area contributed by atoms with Crippen molar-refractivity contribution >= 4 is 23.1 Å². The lowest BCUT2D eigenvalue weighted by Crippen LogP contribution is -2.30. The third-order valence-electron chi connectivity index (χ3n) is 10.8. The van der Waals surface area contributed by atoms with Gasteiger partial charge in [0.1, 0.15) is 17.3 Å². The molecular formula is C45H58O4. The molecule has 0 fully saturated rings. The fraction of sp³-hybridized carbons (Fsp3) is 0.511. The number of ketones is 4. The first-order valence-corrected chi connectivity index (χ1v) is 19.0. The third-order valence-corrected chi connectivity index (χ3v) is 10.8. The molecule has 0 heterocycles. The Kier molecular flexibility index (Phi) is 14.3. The van der Waals surface area contributed by atoms with Crippen molar-refractivity contribution in [3.8, 4) is 11.1 Å². The first-order valence-electron chi connectivity index (χ1n) is 19.0. The summed E-state index contributed by atoms with van der Waals surface area (Å²) in [6.07, 6.45) is 9.54. The fourth-order valence-electron chi connectivity index (χ4n) is 8.40. The van der Waals surface area contributed by atoms with E-state index in [1.54, 1.807) is 0 Å². The normalized spacial score (nSPS) is 16.1. The lowest BCUT2D eigenvalue weighted by Gasteiger charge is -2.33. The highest BCUT2D eigenvalue weighted by Crippen LogP contribution is 2.41. The summed E-state index contributed by atoms with van der Waals surface area (Å²) < 4.78 is 0. The number of carbonyl (C=O) groups is 4. The molecule has 3 aromatic rings. The molecule has 0 N–H and O–H groups in total. The second-order valence-corrected chi connectivity index (χ2v) is 14.6. The molecule has 0 amide bonds. The van der Waals surface area contributed by atoms with Crippen LogP contribution in [0.15, 0.2) is 60.7 Å². The standard InChI is InChI=1S/C45H58O4/c1-7-14-36(38(10-4)43(48)24-31(6)46)26-34-28-41-39(23-18-30(5)45(41)44(49)29-34)40-27-33(19-21-35(40)9-3)20-22-37(42(47)15-8-2)25-32-16-12-11-13-17-32/h11-13,16-19,21,23,27,34,36-38H,7-10,14-15,20,22,24-26,28-29H2,1-6H3. The first-order chi connectivity index (χ1) is 23.6. The SMILES string of the molecule is CCCC(=O)C(CCc1ccc(CC)c(-c2ccc(C)c3c2CC(CC(CCC)C(CC)C(=O)CC(C)=O)CC3=O)c1)Cc1ccccc1. The number of Topliss-reactive ketones (excluding diaryl/α,β-unsaturated/α-hetero) is 4. The van der Waals surface area contributed by atoms with E-state index in [-0.39, 0.29) is 47.4 Å². The minimum atomic E-state index is -0.143. The number of hydrogen-bond acceptors (Lipinski definition) is 4. The Morgan fingerprint density at radius 1 is 0.816 bits per heavy atom. The van der Waals surface area contributed by atoms with Crippen molar-refractivity contribution in [1.29, 1.82) is 0 Å². The zero-order valence-corrected chi connectivity index (χ0v) is 30.9. The average molecular weight is 663 g/mol. The van der Waals surface area contributed by atoms with Gasteiger partial charge in [0, 0.05) is 30.2 Å². The van der Waals surface area contributed by atoms with E-state index < -0.39 is 0 Å². The van der Waals surface area contributed by atoms with Crippen molar-refractivity contribution in [2.75, 3.05) is 0 Å². The second-order valence-electron chi connectivity index (χ2n) is 14.6. The second kappa shape index (κ2) is 18.4.